The fraction of sp³-hybridized carbons (Fsp3) is 0.421. The van der Waals surface area contributed by atoms with Crippen LogP contribution in [0.3, 0.4) is 0 Å². The van der Waals surface area contributed by atoms with Gasteiger partial charge in [0.25, 0.3) is 0 Å². The van der Waals surface area contributed by atoms with Crippen LogP contribution in [0, 0.1) is 6.92 Å². The Balaban J connectivity index is 0.00000243. The van der Waals surface area contributed by atoms with E-state index in [0.29, 0.717) is 12.5 Å². The Bertz CT molecular complexity index is 726. The van der Waals surface area contributed by atoms with Gasteiger partial charge in [-0.3, -0.25) is 9.89 Å². The topological polar surface area (TPSA) is 76.0 Å². The van der Waals surface area contributed by atoms with Crippen molar-refractivity contribution < 1.29 is 9.15 Å². The molecule has 3 rings (SSSR count). The van der Waals surface area contributed by atoms with Crippen LogP contribution in [0.1, 0.15) is 30.4 Å². The lowest BCUT2D eigenvalue weighted by Crippen LogP contribution is -2.30. The zero-order valence-electron chi connectivity index (χ0n) is 15.3. The average molecular weight is 470 g/mol. The van der Waals surface area contributed by atoms with E-state index in [-0.39, 0.29) is 30.0 Å². The molecule has 1 unspecified atom stereocenters. The van der Waals surface area contributed by atoms with Crippen molar-refractivity contribution in [2.24, 2.45) is 10.7 Å². The van der Waals surface area contributed by atoms with Gasteiger partial charge in [0.2, 0.25) is 0 Å². The maximum absolute atomic E-state index is 6.08. The SMILES string of the molecule is COc1cccc(NC(N)=NCC(c2ccc(C)o2)N2CCCC2)c1.I. The monoisotopic (exact) mass is 470 g/mol. The normalized spacial score (nSPS) is 16.2. The largest absolute Gasteiger partial charge is 0.497 e. The van der Waals surface area contributed by atoms with Crippen LogP contribution in [0.15, 0.2) is 45.8 Å². The molecule has 142 valence electrons. The Hall–Kier alpha value is -1.74. The number of furan rings is 1. The molecule has 3 N–H and O–H groups in total. The molecule has 0 aliphatic carbocycles. The number of guanidine groups is 1. The van der Waals surface area contributed by atoms with Crippen LogP contribution in [-0.4, -0.2) is 37.6 Å². The molecule has 0 spiro atoms. The van der Waals surface area contributed by atoms with Gasteiger partial charge in [-0.05, 0) is 57.1 Å². The van der Waals surface area contributed by atoms with Crippen molar-refractivity contribution in [2.75, 3.05) is 32.1 Å². The molecule has 6 nitrogen and oxygen atoms in total. The Kier molecular flexibility index (Phi) is 7.77. The average Bonchev–Trinajstić information content (AvgIpc) is 3.28. The zero-order chi connectivity index (χ0) is 17.6. The first-order chi connectivity index (χ1) is 12.2. The molecule has 1 saturated heterocycles. The maximum atomic E-state index is 6.08. The molecular weight excluding hydrogens is 443 g/mol. The van der Waals surface area contributed by atoms with Crippen LogP contribution in [0.25, 0.3) is 0 Å². The van der Waals surface area contributed by atoms with Gasteiger partial charge in [0.15, 0.2) is 5.96 Å². The predicted molar refractivity (Wildman–Crippen MR) is 116 cm³/mol. The standard InChI is InChI=1S/C19H26N4O2.HI/c1-14-8-9-18(25-14)17(23-10-3-4-11-23)13-21-19(20)22-15-6-5-7-16(12-15)24-2;/h5-9,12,17H,3-4,10-11,13H2,1-2H3,(H3,20,21,22);1H. The summed E-state index contributed by atoms with van der Waals surface area (Å²) in [7, 11) is 1.64. The summed E-state index contributed by atoms with van der Waals surface area (Å²) in [5.74, 6) is 3.04. The lowest BCUT2D eigenvalue weighted by atomic mass is 10.2. The number of likely N-dealkylation sites (tertiary alicyclic amines) is 1. The molecule has 7 heteroatoms. The number of hydrogen-bond donors (Lipinski definition) is 2. The van der Waals surface area contributed by atoms with E-state index >= 15 is 0 Å². The number of hydrogen-bond acceptors (Lipinski definition) is 4. The first-order valence-electron chi connectivity index (χ1n) is 8.67. The van der Waals surface area contributed by atoms with Crippen LogP contribution in [0.4, 0.5) is 5.69 Å². The molecule has 0 radical (unpaired) electrons. The van der Waals surface area contributed by atoms with Crippen molar-refractivity contribution in [3.05, 3.63) is 47.9 Å². The fourth-order valence-electron chi connectivity index (χ4n) is 3.14. The number of nitrogens with zero attached hydrogens (tertiary/aromatic N) is 2. The van der Waals surface area contributed by atoms with Crippen molar-refractivity contribution in [1.29, 1.82) is 0 Å². The van der Waals surface area contributed by atoms with E-state index in [1.165, 1.54) is 12.8 Å². The highest BCUT2D eigenvalue weighted by Crippen LogP contribution is 2.27. The van der Waals surface area contributed by atoms with Gasteiger partial charge in [-0.2, -0.15) is 0 Å². The van der Waals surface area contributed by atoms with Crippen molar-refractivity contribution in [3.8, 4) is 5.75 Å². The highest BCUT2D eigenvalue weighted by molar-refractivity contribution is 14.0. The lowest BCUT2D eigenvalue weighted by Gasteiger charge is -2.24. The molecule has 1 aromatic carbocycles. The molecule has 1 aromatic heterocycles. The molecule has 0 bridgehead atoms. The van der Waals surface area contributed by atoms with Gasteiger partial charge in [0.05, 0.1) is 19.7 Å². The summed E-state index contributed by atoms with van der Waals surface area (Å²) in [5, 5.41) is 3.12. The molecule has 0 saturated carbocycles. The van der Waals surface area contributed by atoms with Crippen LogP contribution in [-0.2, 0) is 0 Å². The van der Waals surface area contributed by atoms with Gasteiger partial charge in [-0.25, -0.2) is 0 Å². The predicted octanol–water partition coefficient (Wildman–Crippen LogP) is 3.78. The quantitative estimate of drug-likeness (QED) is 0.382. The molecular formula is C19H27IN4O2. The first kappa shape index (κ1) is 20.6. The molecule has 1 aliphatic heterocycles. The molecule has 1 atom stereocenters. The summed E-state index contributed by atoms with van der Waals surface area (Å²) in [6, 6.07) is 11.8. The van der Waals surface area contributed by atoms with E-state index in [1.807, 2.05) is 43.3 Å². The fourth-order valence-corrected chi connectivity index (χ4v) is 3.14. The number of aryl methyl sites for hydroxylation is 1. The third kappa shape index (κ3) is 5.38. The first-order valence-corrected chi connectivity index (χ1v) is 8.67. The van der Waals surface area contributed by atoms with Crippen molar-refractivity contribution in [1.82, 2.24) is 4.90 Å². The second-order valence-electron chi connectivity index (χ2n) is 6.29. The Morgan fingerprint density at radius 1 is 1.31 bits per heavy atom. The van der Waals surface area contributed by atoms with Crippen LogP contribution in [0.2, 0.25) is 0 Å². The number of anilines is 1. The zero-order valence-corrected chi connectivity index (χ0v) is 17.6. The van der Waals surface area contributed by atoms with E-state index in [9.17, 15) is 0 Å². The van der Waals surface area contributed by atoms with Crippen LogP contribution < -0.4 is 15.8 Å². The molecule has 26 heavy (non-hydrogen) atoms. The Morgan fingerprint density at radius 2 is 2.08 bits per heavy atom. The van der Waals surface area contributed by atoms with E-state index in [4.69, 9.17) is 14.9 Å². The number of halogens is 1. The molecule has 2 aromatic rings. The smallest absolute Gasteiger partial charge is 0.193 e. The number of methoxy groups -OCH3 is 1. The van der Waals surface area contributed by atoms with Crippen LogP contribution in [0.5, 0.6) is 5.75 Å². The van der Waals surface area contributed by atoms with Gasteiger partial charge in [0, 0.05) is 11.8 Å². The second kappa shape index (κ2) is 9.82. The molecule has 1 fully saturated rings. The highest BCUT2D eigenvalue weighted by atomic mass is 127. The van der Waals surface area contributed by atoms with E-state index in [0.717, 1.165) is 36.0 Å². The van der Waals surface area contributed by atoms with Crippen molar-refractivity contribution in [3.63, 3.8) is 0 Å². The van der Waals surface area contributed by atoms with Gasteiger partial charge in [-0.15, -0.1) is 24.0 Å². The Morgan fingerprint density at radius 3 is 2.73 bits per heavy atom. The summed E-state index contributed by atoms with van der Waals surface area (Å²) >= 11 is 0. The van der Waals surface area contributed by atoms with E-state index in [1.54, 1.807) is 7.11 Å². The number of benzene rings is 1. The lowest BCUT2D eigenvalue weighted by molar-refractivity contribution is 0.219. The second-order valence-corrected chi connectivity index (χ2v) is 6.29. The highest BCUT2D eigenvalue weighted by Gasteiger charge is 2.25. The summed E-state index contributed by atoms with van der Waals surface area (Å²) in [6.45, 7) is 4.68. The summed E-state index contributed by atoms with van der Waals surface area (Å²) in [5.41, 5.74) is 6.93. The summed E-state index contributed by atoms with van der Waals surface area (Å²) < 4.78 is 11.1. The minimum Gasteiger partial charge on any atom is -0.497 e. The minimum absolute atomic E-state index is 0. The molecule has 1 aliphatic rings. The van der Waals surface area contributed by atoms with Gasteiger partial charge in [0.1, 0.15) is 17.3 Å². The van der Waals surface area contributed by atoms with E-state index < -0.39 is 0 Å². The number of aliphatic imine (C=N–C) groups is 1. The third-order valence-corrected chi connectivity index (χ3v) is 4.45. The van der Waals surface area contributed by atoms with Gasteiger partial charge < -0.3 is 20.2 Å². The minimum atomic E-state index is 0. The van der Waals surface area contributed by atoms with Crippen LogP contribution >= 0.6 is 24.0 Å². The van der Waals surface area contributed by atoms with Crippen molar-refractivity contribution >= 4 is 35.6 Å². The van der Waals surface area contributed by atoms with Gasteiger partial charge in [-0.1, -0.05) is 6.07 Å². The number of nitrogens with one attached hydrogen (secondary N) is 1. The van der Waals surface area contributed by atoms with Crippen molar-refractivity contribution in [2.45, 2.75) is 25.8 Å². The summed E-state index contributed by atoms with van der Waals surface area (Å²) in [4.78, 5) is 6.96. The number of ether oxygens (including phenoxy) is 1. The Labute approximate surface area is 171 Å². The number of rotatable bonds is 6. The maximum Gasteiger partial charge on any atom is 0.193 e. The van der Waals surface area contributed by atoms with Gasteiger partial charge >= 0.3 is 0 Å². The molecule has 2 heterocycles. The molecule has 0 amide bonds. The summed E-state index contributed by atoms with van der Waals surface area (Å²) in [6.07, 6.45) is 2.44. The number of nitrogens with two attached hydrogens (primary N) is 1. The third-order valence-electron chi connectivity index (χ3n) is 4.45. The van der Waals surface area contributed by atoms with E-state index in [2.05, 4.69) is 15.2 Å².